The van der Waals surface area contributed by atoms with E-state index in [4.69, 9.17) is 16.3 Å². The van der Waals surface area contributed by atoms with Gasteiger partial charge in [-0.3, -0.25) is 19.5 Å². The number of pyridine rings is 1. The number of halogens is 1. The third-order valence-corrected chi connectivity index (χ3v) is 5.21. The number of hydrogen-bond acceptors (Lipinski definition) is 4. The molecule has 0 bridgehead atoms. The summed E-state index contributed by atoms with van der Waals surface area (Å²) < 4.78 is 5.45. The van der Waals surface area contributed by atoms with Crippen molar-refractivity contribution in [3.8, 4) is 5.75 Å². The van der Waals surface area contributed by atoms with Gasteiger partial charge in [0.25, 0.3) is 5.91 Å². The van der Waals surface area contributed by atoms with E-state index in [-0.39, 0.29) is 31.0 Å². The van der Waals surface area contributed by atoms with Gasteiger partial charge in [-0.1, -0.05) is 53.6 Å². The SMILES string of the molecule is Cc1ccc([C@H](NC(=O)CN2C(=O)COc3c(Cl)cccc32)c2cccnc2)cc1. The van der Waals surface area contributed by atoms with Gasteiger partial charge in [-0.25, -0.2) is 0 Å². The third kappa shape index (κ3) is 4.14. The number of aryl methyl sites for hydroxylation is 1. The second kappa shape index (κ2) is 8.55. The summed E-state index contributed by atoms with van der Waals surface area (Å²) in [6.45, 7) is 1.71. The molecule has 6 nitrogen and oxygen atoms in total. The standard InChI is InChI=1S/C23H20ClN3O3/c1-15-7-9-16(10-8-15)22(17-4-3-11-25-12-17)26-20(28)13-27-19-6-2-5-18(24)23(19)30-14-21(27)29/h2-12,22H,13-14H2,1H3,(H,26,28)/t22-/m0/s1. The number of hydrogen-bond donors (Lipinski definition) is 1. The summed E-state index contributed by atoms with van der Waals surface area (Å²) in [6.07, 6.45) is 3.41. The smallest absolute Gasteiger partial charge is 0.265 e. The lowest BCUT2D eigenvalue weighted by atomic mass is 9.99. The van der Waals surface area contributed by atoms with E-state index in [0.717, 1.165) is 16.7 Å². The van der Waals surface area contributed by atoms with Gasteiger partial charge in [0.1, 0.15) is 6.54 Å². The van der Waals surface area contributed by atoms with Gasteiger partial charge in [0.05, 0.1) is 16.8 Å². The highest BCUT2D eigenvalue weighted by Gasteiger charge is 2.29. The third-order valence-electron chi connectivity index (χ3n) is 4.91. The highest BCUT2D eigenvalue weighted by atomic mass is 35.5. The Morgan fingerprint density at radius 3 is 2.70 bits per heavy atom. The molecule has 0 radical (unpaired) electrons. The van der Waals surface area contributed by atoms with Gasteiger partial charge in [-0.15, -0.1) is 0 Å². The molecular weight excluding hydrogens is 402 g/mol. The predicted molar refractivity (Wildman–Crippen MR) is 115 cm³/mol. The van der Waals surface area contributed by atoms with Gasteiger partial charge in [0, 0.05) is 12.4 Å². The number of benzene rings is 2. The minimum atomic E-state index is -0.387. The molecule has 0 fully saturated rings. The first-order chi connectivity index (χ1) is 14.5. The molecule has 0 unspecified atom stereocenters. The van der Waals surface area contributed by atoms with Crippen LogP contribution in [0.5, 0.6) is 5.75 Å². The van der Waals surface area contributed by atoms with Crippen LogP contribution in [0.3, 0.4) is 0 Å². The summed E-state index contributed by atoms with van der Waals surface area (Å²) in [5.74, 6) is -0.187. The number of ether oxygens (including phenoxy) is 1. The first-order valence-corrected chi connectivity index (χ1v) is 9.88. The first kappa shape index (κ1) is 19.9. The average Bonchev–Trinajstić information content (AvgIpc) is 2.76. The molecule has 0 saturated carbocycles. The fraction of sp³-hybridized carbons (Fsp3) is 0.174. The summed E-state index contributed by atoms with van der Waals surface area (Å²) in [5.41, 5.74) is 3.40. The van der Waals surface area contributed by atoms with Gasteiger partial charge in [0.2, 0.25) is 5.91 Å². The normalized spacial score (nSPS) is 13.9. The van der Waals surface area contributed by atoms with Crippen LogP contribution in [0.15, 0.2) is 67.0 Å². The molecule has 30 heavy (non-hydrogen) atoms. The van der Waals surface area contributed by atoms with E-state index in [0.29, 0.717) is 16.5 Å². The van der Waals surface area contributed by atoms with E-state index in [1.54, 1.807) is 30.6 Å². The molecule has 2 heterocycles. The molecule has 7 heteroatoms. The summed E-state index contributed by atoms with van der Waals surface area (Å²) >= 11 is 6.18. The topological polar surface area (TPSA) is 71.5 Å². The van der Waals surface area contributed by atoms with Gasteiger partial charge in [-0.05, 0) is 36.2 Å². The number of anilines is 1. The number of amides is 2. The van der Waals surface area contributed by atoms with Gasteiger partial charge >= 0.3 is 0 Å². The second-order valence-corrected chi connectivity index (χ2v) is 7.46. The molecular formula is C23H20ClN3O3. The van der Waals surface area contributed by atoms with Gasteiger partial charge in [0.15, 0.2) is 12.4 Å². The lowest BCUT2D eigenvalue weighted by Crippen LogP contribution is -2.46. The largest absolute Gasteiger partial charge is 0.480 e. The monoisotopic (exact) mass is 421 g/mol. The molecule has 1 atom stereocenters. The van der Waals surface area contributed by atoms with Crippen molar-refractivity contribution < 1.29 is 14.3 Å². The van der Waals surface area contributed by atoms with Crippen molar-refractivity contribution in [3.63, 3.8) is 0 Å². The van der Waals surface area contributed by atoms with Crippen molar-refractivity contribution in [2.75, 3.05) is 18.1 Å². The van der Waals surface area contributed by atoms with E-state index in [9.17, 15) is 9.59 Å². The molecule has 0 aliphatic carbocycles. The molecule has 1 aliphatic heterocycles. The van der Waals surface area contributed by atoms with Crippen molar-refractivity contribution in [2.45, 2.75) is 13.0 Å². The quantitative estimate of drug-likeness (QED) is 0.682. The van der Waals surface area contributed by atoms with Crippen molar-refractivity contribution in [1.82, 2.24) is 10.3 Å². The summed E-state index contributed by atoms with van der Waals surface area (Å²) in [5, 5.41) is 3.44. The Balaban J connectivity index is 1.59. The summed E-state index contributed by atoms with van der Waals surface area (Å²) in [7, 11) is 0. The number of carbonyl (C=O) groups is 2. The zero-order valence-corrected chi connectivity index (χ0v) is 17.1. The van der Waals surface area contributed by atoms with Crippen molar-refractivity contribution >= 4 is 29.1 Å². The molecule has 0 spiro atoms. The minimum absolute atomic E-state index is 0.141. The van der Waals surface area contributed by atoms with Crippen LogP contribution < -0.4 is 15.0 Å². The molecule has 1 aliphatic rings. The van der Waals surface area contributed by atoms with Crippen LogP contribution in [0, 0.1) is 6.92 Å². The molecule has 1 aromatic heterocycles. The lowest BCUT2D eigenvalue weighted by Gasteiger charge is -2.30. The Kier molecular flexibility index (Phi) is 5.68. The van der Waals surface area contributed by atoms with Crippen LogP contribution in [0.25, 0.3) is 0 Å². The maximum atomic E-state index is 13.0. The van der Waals surface area contributed by atoms with E-state index >= 15 is 0 Å². The average molecular weight is 422 g/mol. The molecule has 3 aromatic rings. The fourth-order valence-electron chi connectivity index (χ4n) is 3.39. The van der Waals surface area contributed by atoms with E-state index in [1.165, 1.54) is 4.90 Å². The summed E-state index contributed by atoms with van der Waals surface area (Å²) in [4.78, 5) is 31.0. The highest BCUT2D eigenvalue weighted by Crippen LogP contribution is 2.38. The van der Waals surface area contributed by atoms with E-state index in [2.05, 4.69) is 10.3 Å². The number of nitrogens with one attached hydrogen (secondary N) is 1. The lowest BCUT2D eigenvalue weighted by molar-refractivity contribution is -0.125. The van der Waals surface area contributed by atoms with Gasteiger partial charge < -0.3 is 10.1 Å². The van der Waals surface area contributed by atoms with E-state index in [1.807, 2.05) is 43.3 Å². The first-order valence-electron chi connectivity index (χ1n) is 9.50. The Labute approximate surface area is 179 Å². The Morgan fingerprint density at radius 2 is 1.97 bits per heavy atom. The van der Waals surface area contributed by atoms with Gasteiger partial charge in [-0.2, -0.15) is 0 Å². The number of fused-ring (bicyclic) bond motifs is 1. The molecule has 1 N–H and O–H groups in total. The second-order valence-electron chi connectivity index (χ2n) is 7.05. The van der Waals surface area contributed by atoms with Crippen molar-refractivity contribution in [1.29, 1.82) is 0 Å². The Hall–Kier alpha value is -3.38. The maximum Gasteiger partial charge on any atom is 0.265 e. The molecule has 2 aromatic carbocycles. The summed E-state index contributed by atoms with van der Waals surface area (Å²) in [6, 6.07) is 16.4. The predicted octanol–water partition coefficient (Wildman–Crippen LogP) is 3.67. The van der Waals surface area contributed by atoms with Crippen molar-refractivity contribution in [2.24, 2.45) is 0 Å². The Morgan fingerprint density at radius 1 is 1.17 bits per heavy atom. The van der Waals surface area contributed by atoms with Crippen LogP contribution in [-0.2, 0) is 9.59 Å². The van der Waals surface area contributed by atoms with Crippen molar-refractivity contribution in [3.05, 3.63) is 88.7 Å². The number of aromatic nitrogens is 1. The minimum Gasteiger partial charge on any atom is -0.480 e. The fourth-order valence-corrected chi connectivity index (χ4v) is 3.61. The number of para-hydroxylation sites is 1. The van der Waals surface area contributed by atoms with Crippen LogP contribution in [0.4, 0.5) is 5.69 Å². The maximum absolute atomic E-state index is 13.0. The van der Waals surface area contributed by atoms with Crippen LogP contribution in [0.1, 0.15) is 22.7 Å². The number of nitrogens with zero attached hydrogens (tertiary/aromatic N) is 2. The zero-order chi connectivity index (χ0) is 21.1. The van der Waals surface area contributed by atoms with Crippen LogP contribution >= 0.6 is 11.6 Å². The zero-order valence-electron chi connectivity index (χ0n) is 16.3. The molecule has 4 rings (SSSR count). The molecule has 0 saturated heterocycles. The highest BCUT2D eigenvalue weighted by molar-refractivity contribution is 6.32. The van der Waals surface area contributed by atoms with Crippen LogP contribution in [-0.4, -0.2) is 29.9 Å². The molecule has 152 valence electrons. The molecule has 2 amide bonds. The van der Waals surface area contributed by atoms with Crippen LogP contribution in [0.2, 0.25) is 5.02 Å². The number of carbonyl (C=O) groups excluding carboxylic acids is 2. The Bertz CT molecular complexity index is 1070. The number of rotatable bonds is 5. The van der Waals surface area contributed by atoms with E-state index < -0.39 is 0 Å².